The molecule has 0 aromatic carbocycles. The summed E-state index contributed by atoms with van der Waals surface area (Å²) in [5.74, 6) is 0.205. The molecule has 3 nitrogen and oxygen atoms in total. The van der Waals surface area contributed by atoms with Gasteiger partial charge in [-0.1, -0.05) is 19.3 Å². The SMILES string of the molecule is N#CC(NC(=O)c1csc(I)c1)C1CCCCC1. The molecule has 96 valence electrons. The third-order valence-electron chi connectivity index (χ3n) is 3.38. The lowest BCUT2D eigenvalue weighted by Crippen LogP contribution is -2.39. The molecule has 5 heteroatoms. The number of halogens is 1. The fourth-order valence-electron chi connectivity index (χ4n) is 2.38. The van der Waals surface area contributed by atoms with Crippen molar-refractivity contribution in [3.8, 4) is 6.07 Å². The Kier molecular flexibility index (Phi) is 5.01. The van der Waals surface area contributed by atoms with E-state index in [2.05, 4.69) is 34.0 Å². The van der Waals surface area contributed by atoms with E-state index in [0.717, 1.165) is 15.7 Å². The van der Waals surface area contributed by atoms with Gasteiger partial charge in [0.05, 0.1) is 14.5 Å². The first-order valence-corrected chi connectivity index (χ1v) is 8.11. The van der Waals surface area contributed by atoms with Crippen LogP contribution in [0.3, 0.4) is 0 Å². The van der Waals surface area contributed by atoms with E-state index in [9.17, 15) is 10.1 Å². The Hall–Kier alpha value is -0.610. The summed E-state index contributed by atoms with van der Waals surface area (Å²) in [6, 6.07) is 3.77. The average molecular weight is 374 g/mol. The third-order valence-corrected chi connectivity index (χ3v) is 5.17. The number of carbonyl (C=O) groups is 1. The number of amides is 1. The lowest BCUT2D eigenvalue weighted by Gasteiger charge is -2.26. The number of carbonyl (C=O) groups excluding carboxylic acids is 1. The number of nitriles is 1. The van der Waals surface area contributed by atoms with E-state index in [4.69, 9.17) is 0 Å². The Morgan fingerprint density at radius 3 is 2.78 bits per heavy atom. The smallest absolute Gasteiger partial charge is 0.253 e. The van der Waals surface area contributed by atoms with Crippen LogP contribution in [0.5, 0.6) is 0 Å². The predicted molar refractivity (Wildman–Crippen MR) is 80.5 cm³/mol. The molecule has 1 unspecified atom stereocenters. The maximum Gasteiger partial charge on any atom is 0.253 e. The highest BCUT2D eigenvalue weighted by atomic mass is 127. The summed E-state index contributed by atoms with van der Waals surface area (Å²) in [5, 5.41) is 13.9. The average Bonchev–Trinajstić information content (AvgIpc) is 2.83. The highest BCUT2D eigenvalue weighted by molar-refractivity contribution is 14.1. The molecule has 1 saturated carbocycles. The molecule has 0 aliphatic heterocycles. The van der Waals surface area contributed by atoms with Crippen LogP contribution in [0.2, 0.25) is 0 Å². The van der Waals surface area contributed by atoms with Crippen LogP contribution < -0.4 is 5.32 Å². The zero-order valence-corrected chi connectivity index (χ0v) is 13.0. The summed E-state index contributed by atoms with van der Waals surface area (Å²) >= 11 is 3.74. The summed E-state index contributed by atoms with van der Waals surface area (Å²) in [5.41, 5.74) is 0.667. The molecule has 0 bridgehead atoms. The van der Waals surface area contributed by atoms with E-state index in [1.807, 2.05) is 11.4 Å². The molecule has 1 aliphatic carbocycles. The van der Waals surface area contributed by atoms with E-state index in [-0.39, 0.29) is 11.9 Å². The molecular formula is C13H15IN2OS. The van der Waals surface area contributed by atoms with Crippen LogP contribution in [0.25, 0.3) is 0 Å². The number of thiophene rings is 1. The van der Waals surface area contributed by atoms with Crippen LogP contribution in [-0.2, 0) is 0 Å². The third kappa shape index (κ3) is 3.45. The van der Waals surface area contributed by atoms with Crippen molar-refractivity contribution in [3.05, 3.63) is 19.9 Å². The molecule has 0 spiro atoms. The Bertz CT molecular complexity index is 460. The van der Waals surface area contributed by atoms with E-state index >= 15 is 0 Å². The van der Waals surface area contributed by atoms with Crippen LogP contribution in [0, 0.1) is 20.1 Å². The molecule has 1 atom stereocenters. The first kappa shape index (κ1) is 13.8. The Labute approximate surface area is 125 Å². The van der Waals surface area contributed by atoms with Crippen molar-refractivity contribution >= 4 is 39.8 Å². The van der Waals surface area contributed by atoms with Crippen molar-refractivity contribution in [1.82, 2.24) is 5.32 Å². The van der Waals surface area contributed by atoms with E-state index in [1.54, 1.807) is 11.3 Å². The summed E-state index contributed by atoms with van der Waals surface area (Å²) < 4.78 is 1.09. The molecular weight excluding hydrogens is 359 g/mol. The Balaban J connectivity index is 1.98. The quantitative estimate of drug-likeness (QED) is 0.823. The number of hydrogen-bond donors (Lipinski definition) is 1. The first-order valence-electron chi connectivity index (χ1n) is 6.15. The fraction of sp³-hybridized carbons (Fsp3) is 0.538. The van der Waals surface area contributed by atoms with Gasteiger partial charge in [-0.2, -0.15) is 5.26 Å². The van der Waals surface area contributed by atoms with Crippen molar-refractivity contribution in [2.24, 2.45) is 5.92 Å². The summed E-state index contributed by atoms with van der Waals surface area (Å²) in [6.45, 7) is 0. The first-order chi connectivity index (χ1) is 8.70. The minimum Gasteiger partial charge on any atom is -0.336 e. The molecule has 1 fully saturated rings. The van der Waals surface area contributed by atoms with E-state index < -0.39 is 0 Å². The minimum atomic E-state index is -0.338. The predicted octanol–water partition coefficient (Wildman–Crippen LogP) is 3.55. The van der Waals surface area contributed by atoms with E-state index in [0.29, 0.717) is 11.5 Å². The summed E-state index contributed by atoms with van der Waals surface area (Å²) in [4.78, 5) is 12.0. The highest BCUT2D eigenvalue weighted by Gasteiger charge is 2.25. The van der Waals surface area contributed by atoms with Gasteiger partial charge in [-0.15, -0.1) is 11.3 Å². The van der Waals surface area contributed by atoms with Crippen LogP contribution >= 0.6 is 33.9 Å². The fourth-order valence-corrected chi connectivity index (χ4v) is 3.70. The van der Waals surface area contributed by atoms with Gasteiger partial charge < -0.3 is 5.32 Å². The molecule has 1 aromatic rings. The van der Waals surface area contributed by atoms with Gasteiger partial charge in [0.25, 0.3) is 5.91 Å². The Morgan fingerprint density at radius 2 is 2.22 bits per heavy atom. The van der Waals surface area contributed by atoms with Crippen LogP contribution in [0.15, 0.2) is 11.4 Å². The maximum absolute atomic E-state index is 12.0. The zero-order valence-electron chi connectivity index (χ0n) is 9.99. The Morgan fingerprint density at radius 1 is 1.50 bits per heavy atom. The molecule has 1 N–H and O–H groups in total. The molecule has 1 heterocycles. The molecule has 0 saturated heterocycles. The van der Waals surface area contributed by atoms with Gasteiger partial charge in [-0.3, -0.25) is 4.79 Å². The second kappa shape index (κ2) is 6.53. The van der Waals surface area contributed by atoms with Gasteiger partial charge in [0.15, 0.2) is 0 Å². The van der Waals surface area contributed by atoms with Gasteiger partial charge >= 0.3 is 0 Å². The number of nitrogens with zero attached hydrogens (tertiary/aromatic N) is 1. The molecule has 2 rings (SSSR count). The van der Waals surface area contributed by atoms with Gasteiger partial charge in [-0.25, -0.2) is 0 Å². The molecule has 0 radical (unpaired) electrons. The highest BCUT2D eigenvalue weighted by Crippen LogP contribution is 2.26. The number of rotatable bonds is 3. The zero-order chi connectivity index (χ0) is 13.0. The van der Waals surface area contributed by atoms with Crippen molar-refractivity contribution in [3.63, 3.8) is 0 Å². The van der Waals surface area contributed by atoms with Crippen LogP contribution in [0.1, 0.15) is 42.5 Å². The normalized spacial score (nSPS) is 18.0. The van der Waals surface area contributed by atoms with Crippen molar-refractivity contribution in [2.45, 2.75) is 38.1 Å². The summed E-state index contributed by atoms with van der Waals surface area (Å²) in [7, 11) is 0. The monoisotopic (exact) mass is 374 g/mol. The van der Waals surface area contributed by atoms with Crippen molar-refractivity contribution in [2.75, 3.05) is 0 Å². The number of nitrogens with one attached hydrogen (secondary N) is 1. The topological polar surface area (TPSA) is 52.9 Å². The lowest BCUT2D eigenvalue weighted by atomic mass is 9.84. The van der Waals surface area contributed by atoms with Gasteiger partial charge in [-0.05, 0) is 47.4 Å². The lowest BCUT2D eigenvalue weighted by molar-refractivity contribution is 0.0929. The molecule has 1 aromatic heterocycles. The van der Waals surface area contributed by atoms with Gasteiger partial charge in [0, 0.05) is 5.38 Å². The standard InChI is InChI=1S/C13H15IN2OS/c14-12-6-10(8-18-12)13(17)16-11(7-15)9-4-2-1-3-5-9/h6,8-9,11H,1-5H2,(H,16,17). The second-order valence-electron chi connectivity index (χ2n) is 4.62. The van der Waals surface area contributed by atoms with E-state index in [1.165, 1.54) is 19.3 Å². The largest absolute Gasteiger partial charge is 0.336 e. The number of hydrogen-bond acceptors (Lipinski definition) is 3. The molecule has 1 aliphatic rings. The van der Waals surface area contributed by atoms with Gasteiger partial charge in [0.1, 0.15) is 6.04 Å². The summed E-state index contributed by atoms with van der Waals surface area (Å²) in [6.07, 6.45) is 5.72. The minimum absolute atomic E-state index is 0.119. The molecule has 18 heavy (non-hydrogen) atoms. The van der Waals surface area contributed by atoms with Crippen molar-refractivity contribution < 1.29 is 4.79 Å². The van der Waals surface area contributed by atoms with Crippen molar-refractivity contribution in [1.29, 1.82) is 5.26 Å². The van der Waals surface area contributed by atoms with Gasteiger partial charge in [0.2, 0.25) is 0 Å². The second-order valence-corrected chi connectivity index (χ2v) is 7.42. The maximum atomic E-state index is 12.0. The molecule has 1 amide bonds. The van der Waals surface area contributed by atoms with Crippen LogP contribution in [0.4, 0.5) is 0 Å². The van der Waals surface area contributed by atoms with Crippen LogP contribution in [-0.4, -0.2) is 11.9 Å².